The molecule has 0 unspecified atom stereocenters. The minimum absolute atomic E-state index is 0.213. The molecule has 0 aliphatic carbocycles. The third-order valence-electron chi connectivity index (χ3n) is 6.90. The molecule has 2 rings (SSSR count). The van der Waals surface area contributed by atoms with Crippen molar-refractivity contribution in [3.05, 3.63) is 35.6 Å². The Morgan fingerprint density at radius 1 is 0.839 bits per heavy atom. The SMILES string of the molecule is CCCCCCCCCCCCS(=O)(=O)N1CC[N+](CC)(Cc2ccc(F)cc2)CC1. The molecule has 0 radical (unpaired) electrons. The van der Waals surface area contributed by atoms with Gasteiger partial charge in [-0.15, -0.1) is 0 Å². The van der Waals surface area contributed by atoms with Crippen molar-refractivity contribution in [3.63, 3.8) is 0 Å². The molecule has 1 aliphatic rings. The Labute approximate surface area is 190 Å². The van der Waals surface area contributed by atoms with Gasteiger partial charge in [0.1, 0.15) is 12.4 Å². The average Bonchev–Trinajstić information content (AvgIpc) is 2.77. The molecular weight excluding hydrogens is 411 g/mol. The second-order valence-corrected chi connectivity index (χ2v) is 11.4. The van der Waals surface area contributed by atoms with Crippen molar-refractivity contribution in [2.45, 2.75) is 84.6 Å². The maximum atomic E-state index is 13.2. The van der Waals surface area contributed by atoms with E-state index >= 15 is 0 Å². The number of unbranched alkanes of at least 4 members (excludes halogenated alkanes) is 9. The lowest BCUT2D eigenvalue weighted by atomic mass is 10.1. The Hall–Kier alpha value is -0.980. The first kappa shape index (κ1) is 26.3. The number of hydrogen-bond acceptors (Lipinski definition) is 2. The van der Waals surface area contributed by atoms with Gasteiger partial charge in [-0.05, 0) is 25.5 Å². The Morgan fingerprint density at radius 3 is 1.87 bits per heavy atom. The van der Waals surface area contributed by atoms with E-state index in [1.54, 1.807) is 4.31 Å². The van der Waals surface area contributed by atoms with Crippen LogP contribution in [0.25, 0.3) is 0 Å². The summed E-state index contributed by atoms with van der Waals surface area (Å²) in [7, 11) is -3.15. The second-order valence-electron chi connectivity index (χ2n) is 9.29. The third kappa shape index (κ3) is 9.19. The summed E-state index contributed by atoms with van der Waals surface area (Å²) in [5.74, 6) is 0.0720. The maximum Gasteiger partial charge on any atom is 0.214 e. The van der Waals surface area contributed by atoms with Crippen molar-refractivity contribution in [1.29, 1.82) is 0 Å². The van der Waals surface area contributed by atoms with E-state index < -0.39 is 10.0 Å². The molecule has 0 aromatic heterocycles. The molecular formula is C25H44FN2O2S+. The van der Waals surface area contributed by atoms with E-state index in [1.165, 1.54) is 57.1 Å². The van der Waals surface area contributed by atoms with Gasteiger partial charge < -0.3 is 4.48 Å². The summed E-state index contributed by atoms with van der Waals surface area (Å²) < 4.78 is 41.4. The predicted molar refractivity (Wildman–Crippen MR) is 128 cm³/mol. The fraction of sp³-hybridized carbons (Fsp3) is 0.760. The van der Waals surface area contributed by atoms with E-state index in [0.717, 1.165) is 55.5 Å². The van der Waals surface area contributed by atoms with E-state index in [1.807, 2.05) is 12.1 Å². The highest BCUT2D eigenvalue weighted by atomic mass is 32.2. The van der Waals surface area contributed by atoms with Crippen LogP contribution in [0.2, 0.25) is 0 Å². The first-order valence-corrected chi connectivity index (χ1v) is 14.1. The van der Waals surface area contributed by atoms with Crippen LogP contribution in [-0.2, 0) is 16.6 Å². The van der Waals surface area contributed by atoms with Crippen molar-refractivity contribution in [3.8, 4) is 0 Å². The number of benzene rings is 1. The maximum absolute atomic E-state index is 13.2. The fourth-order valence-corrected chi connectivity index (χ4v) is 6.16. The number of piperazine rings is 1. The first-order valence-electron chi connectivity index (χ1n) is 12.5. The van der Waals surface area contributed by atoms with Crippen molar-refractivity contribution in [2.75, 3.05) is 38.5 Å². The number of sulfonamides is 1. The summed E-state index contributed by atoms with van der Waals surface area (Å²) >= 11 is 0. The van der Waals surface area contributed by atoms with Crippen molar-refractivity contribution in [2.24, 2.45) is 0 Å². The Kier molecular flexibility index (Phi) is 11.5. The number of rotatable bonds is 15. The molecule has 1 fully saturated rings. The standard InChI is InChI=1S/C25H44FN2O2S/c1-3-5-6-7-8-9-10-11-12-13-22-31(29,30)27-18-20-28(4-2,21-19-27)23-24-14-16-25(26)17-15-24/h14-17H,3-13,18-23H2,1-2H3/q+1. The van der Waals surface area contributed by atoms with Crippen LogP contribution in [0, 0.1) is 5.82 Å². The molecule has 1 heterocycles. The van der Waals surface area contributed by atoms with E-state index in [4.69, 9.17) is 0 Å². The molecule has 0 spiro atoms. The lowest BCUT2D eigenvalue weighted by Crippen LogP contribution is -2.60. The molecule has 0 N–H and O–H groups in total. The van der Waals surface area contributed by atoms with Gasteiger partial charge in [0.05, 0.1) is 38.5 Å². The Balaban J connectivity index is 1.67. The molecule has 178 valence electrons. The topological polar surface area (TPSA) is 37.4 Å². The third-order valence-corrected chi connectivity index (χ3v) is 8.86. The van der Waals surface area contributed by atoms with E-state index in [9.17, 15) is 12.8 Å². The lowest BCUT2D eigenvalue weighted by molar-refractivity contribution is -0.942. The molecule has 4 nitrogen and oxygen atoms in total. The van der Waals surface area contributed by atoms with Gasteiger partial charge in [0, 0.05) is 5.56 Å². The molecule has 6 heteroatoms. The van der Waals surface area contributed by atoms with Gasteiger partial charge >= 0.3 is 0 Å². The quantitative estimate of drug-likeness (QED) is 0.250. The molecule has 31 heavy (non-hydrogen) atoms. The highest BCUT2D eigenvalue weighted by molar-refractivity contribution is 7.89. The number of quaternary nitrogens is 1. The molecule has 0 atom stereocenters. The summed E-state index contributed by atoms with van der Waals surface area (Å²) in [4.78, 5) is 0. The molecule has 1 aromatic carbocycles. The Morgan fingerprint density at radius 2 is 1.35 bits per heavy atom. The normalized spacial score (nSPS) is 17.1. The fourth-order valence-electron chi connectivity index (χ4n) is 4.61. The van der Waals surface area contributed by atoms with Crippen LogP contribution in [0.1, 0.15) is 83.6 Å². The van der Waals surface area contributed by atoms with Gasteiger partial charge in [0.2, 0.25) is 10.0 Å². The van der Waals surface area contributed by atoms with Crippen LogP contribution in [0.5, 0.6) is 0 Å². The van der Waals surface area contributed by atoms with Crippen LogP contribution < -0.4 is 0 Å². The van der Waals surface area contributed by atoms with Crippen molar-refractivity contribution < 1.29 is 17.3 Å². The summed E-state index contributed by atoms with van der Waals surface area (Å²) in [6, 6.07) is 6.71. The van der Waals surface area contributed by atoms with Crippen LogP contribution in [0.4, 0.5) is 4.39 Å². The van der Waals surface area contributed by atoms with E-state index in [-0.39, 0.29) is 11.6 Å². The van der Waals surface area contributed by atoms with Gasteiger partial charge in [0.25, 0.3) is 0 Å². The summed E-state index contributed by atoms with van der Waals surface area (Å²) in [6.07, 6.45) is 12.1. The van der Waals surface area contributed by atoms with Crippen LogP contribution in [0.15, 0.2) is 24.3 Å². The summed E-state index contributed by atoms with van der Waals surface area (Å²) in [5.41, 5.74) is 1.12. The molecule has 0 saturated carbocycles. The Bertz CT molecular complexity index is 714. The second kappa shape index (κ2) is 13.5. The molecule has 1 aliphatic heterocycles. The molecule has 0 amide bonds. The monoisotopic (exact) mass is 455 g/mol. The van der Waals surface area contributed by atoms with Crippen molar-refractivity contribution >= 4 is 10.0 Å². The number of hydrogen-bond donors (Lipinski definition) is 0. The first-order chi connectivity index (χ1) is 14.9. The zero-order valence-corrected chi connectivity index (χ0v) is 20.6. The number of nitrogens with zero attached hydrogens (tertiary/aromatic N) is 2. The van der Waals surface area contributed by atoms with Crippen LogP contribution in [0.3, 0.4) is 0 Å². The van der Waals surface area contributed by atoms with Crippen molar-refractivity contribution in [1.82, 2.24) is 4.31 Å². The number of likely N-dealkylation sites (N-methyl/N-ethyl adjacent to an activating group) is 1. The molecule has 1 aromatic rings. The van der Waals surface area contributed by atoms with Crippen LogP contribution >= 0.6 is 0 Å². The lowest BCUT2D eigenvalue weighted by Gasteiger charge is -2.44. The minimum Gasteiger partial charge on any atom is -0.318 e. The van der Waals surface area contributed by atoms with Gasteiger partial charge in [-0.3, -0.25) is 0 Å². The van der Waals surface area contributed by atoms with Gasteiger partial charge in [-0.2, -0.15) is 4.31 Å². The van der Waals surface area contributed by atoms with Crippen LogP contribution in [-0.4, -0.2) is 55.7 Å². The highest BCUT2D eigenvalue weighted by Gasteiger charge is 2.35. The number of halogens is 1. The summed E-state index contributed by atoms with van der Waals surface area (Å²) in [6.45, 7) is 9.04. The van der Waals surface area contributed by atoms with E-state index in [2.05, 4.69) is 13.8 Å². The van der Waals surface area contributed by atoms with E-state index in [0.29, 0.717) is 13.1 Å². The zero-order valence-electron chi connectivity index (χ0n) is 19.8. The minimum atomic E-state index is -3.15. The van der Waals surface area contributed by atoms with Gasteiger partial charge in [-0.25, -0.2) is 12.8 Å². The smallest absolute Gasteiger partial charge is 0.214 e. The largest absolute Gasteiger partial charge is 0.318 e. The zero-order chi connectivity index (χ0) is 22.6. The van der Waals surface area contributed by atoms with Gasteiger partial charge in [-0.1, -0.05) is 76.8 Å². The molecule has 1 saturated heterocycles. The highest BCUT2D eigenvalue weighted by Crippen LogP contribution is 2.21. The predicted octanol–water partition coefficient (Wildman–Crippen LogP) is 5.73. The summed E-state index contributed by atoms with van der Waals surface area (Å²) in [5, 5.41) is 0. The van der Waals surface area contributed by atoms with Gasteiger partial charge in [0.15, 0.2) is 0 Å². The average molecular weight is 456 g/mol. The molecule has 0 bridgehead atoms.